The van der Waals surface area contributed by atoms with Crippen molar-refractivity contribution < 1.29 is 14.3 Å². The highest BCUT2D eigenvalue weighted by molar-refractivity contribution is 6.31. The molecule has 44 heavy (non-hydrogen) atoms. The van der Waals surface area contributed by atoms with Crippen LogP contribution in [0.15, 0.2) is 109 Å². The van der Waals surface area contributed by atoms with Crippen molar-refractivity contribution in [3.8, 4) is 11.5 Å². The van der Waals surface area contributed by atoms with Crippen molar-refractivity contribution in [2.24, 2.45) is 0 Å². The molecule has 0 radical (unpaired) electrons. The second-order valence-corrected chi connectivity index (χ2v) is 11.4. The smallest absolute Gasteiger partial charge is 0.338 e. The van der Waals surface area contributed by atoms with Gasteiger partial charge < -0.3 is 19.3 Å². The minimum Gasteiger partial charge on any atom is -0.465 e. The zero-order chi connectivity index (χ0) is 30.8. The third-order valence-electron chi connectivity index (χ3n) is 8.03. The number of carbonyl (C=O) groups is 1. The van der Waals surface area contributed by atoms with E-state index in [0.717, 1.165) is 64.0 Å². The van der Waals surface area contributed by atoms with Crippen LogP contribution >= 0.6 is 23.2 Å². The lowest BCUT2D eigenvalue weighted by Gasteiger charge is -2.33. The van der Waals surface area contributed by atoms with Gasteiger partial charge in [0.1, 0.15) is 11.5 Å². The van der Waals surface area contributed by atoms with Crippen molar-refractivity contribution in [3.63, 3.8) is 0 Å². The summed E-state index contributed by atoms with van der Waals surface area (Å²) in [7, 11) is 1.41. The lowest BCUT2D eigenvalue weighted by atomic mass is 9.80. The van der Waals surface area contributed by atoms with Crippen LogP contribution in [0.1, 0.15) is 46.8 Å². The van der Waals surface area contributed by atoms with Crippen LogP contribution in [0.25, 0.3) is 0 Å². The van der Waals surface area contributed by atoms with Crippen LogP contribution in [0, 0.1) is 0 Å². The highest BCUT2D eigenvalue weighted by Gasteiger charge is 2.33. The van der Waals surface area contributed by atoms with Crippen LogP contribution in [0.4, 0.5) is 22.7 Å². The van der Waals surface area contributed by atoms with Gasteiger partial charge in [-0.3, -0.25) is 0 Å². The van der Waals surface area contributed by atoms with Crippen LogP contribution in [0.2, 0.25) is 10.0 Å². The Labute approximate surface area is 268 Å². The average molecular weight is 624 g/mol. The van der Waals surface area contributed by atoms with Crippen LogP contribution in [-0.4, -0.2) is 26.2 Å². The average Bonchev–Trinajstić information content (AvgIpc) is 3.04. The predicted molar refractivity (Wildman–Crippen MR) is 180 cm³/mol. The van der Waals surface area contributed by atoms with Gasteiger partial charge in [-0.15, -0.1) is 0 Å². The summed E-state index contributed by atoms with van der Waals surface area (Å²) in [5.74, 6) is 0.807. The lowest BCUT2D eigenvalue weighted by molar-refractivity contribution is 0.0599. The van der Waals surface area contributed by atoms with Gasteiger partial charge in [-0.1, -0.05) is 59.6 Å². The van der Waals surface area contributed by atoms with E-state index in [1.807, 2.05) is 84.9 Å². The SMILES string of the molecule is CCN(CC)c1ccc2c(c1)Oc1ccc(N(c3cccc(Cl)c3)c3cccc(Cl)c3)cc1C2c1ccccc1C(=O)OC. The van der Waals surface area contributed by atoms with Crippen LogP contribution in [-0.2, 0) is 4.74 Å². The molecule has 1 heterocycles. The molecule has 7 heteroatoms. The third-order valence-corrected chi connectivity index (χ3v) is 8.50. The first kappa shape index (κ1) is 29.6. The quantitative estimate of drug-likeness (QED) is 0.158. The van der Waals surface area contributed by atoms with Gasteiger partial charge in [-0.05, 0) is 86.1 Å². The Morgan fingerprint density at radius 2 is 1.32 bits per heavy atom. The summed E-state index contributed by atoms with van der Waals surface area (Å²) < 4.78 is 11.8. The molecule has 0 saturated carbocycles. The summed E-state index contributed by atoms with van der Waals surface area (Å²) in [6.45, 7) is 6.04. The minimum atomic E-state index is -0.384. The Morgan fingerprint density at radius 3 is 1.95 bits per heavy atom. The number of methoxy groups -OCH3 is 1. The summed E-state index contributed by atoms with van der Waals surface area (Å²) in [5, 5.41) is 1.25. The Kier molecular flexibility index (Phi) is 8.51. The second-order valence-electron chi connectivity index (χ2n) is 10.5. The van der Waals surface area contributed by atoms with E-state index in [2.05, 4.69) is 47.9 Å². The number of esters is 1. The maximum absolute atomic E-state index is 13.0. The molecular weight excluding hydrogens is 591 g/mol. The van der Waals surface area contributed by atoms with Gasteiger partial charge in [0.15, 0.2) is 0 Å². The first-order valence-corrected chi connectivity index (χ1v) is 15.4. The van der Waals surface area contributed by atoms with E-state index in [-0.39, 0.29) is 11.9 Å². The van der Waals surface area contributed by atoms with E-state index < -0.39 is 0 Å². The van der Waals surface area contributed by atoms with Gasteiger partial charge in [0.25, 0.3) is 0 Å². The molecule has 222 valence electrons. The summed E-state index contributed by atoms with van der Waals surface area (Å²) in [5.41, 5.74) is 6.99. The number of nitrogens with zero attached hydrogens (tertiary/aromatic N) is 2. The number of rotatable bonds is 8. The van der Waals surface area contributed by atoms with E-state index in [1.54, 1.807) is 0 Å². The lowest BCUT2D eigenvalue weighted by Crippen LogP contribution is -2.22. The fraction of sp³-hybridized carbons (Fsp3) is 0.162. The molecule has 6 rings (SSSR count). The maximum atomic E-state index is 13.0. The molecule has 0 N–H and O–H groups in total. The van der Waals surface area contributed by atoms with Crippen LogP contribution < -0.4 is 14.5 Å². The van der Waals surface area contributed by atoms with Gasteiger partial charge in [0.05, 0.1) is 12.7 Å². The molecule has 1 aliphatic rings. The van der Waals surface area contributed by atoms with E-state index in [4.69, 9.17) is 32.7 Å². The van der Waals surface area contributed by atoms with E-state index in [9.17, 15) is 4.79 Å². The molecule has 0 aromatic heterocycles. The number of hydrogen-bond acceptors (Lipinski definition) is 5. The Bertz CT molecular complexity index is 1790. The Morgan fingerprint density at radius 1 is 0.682 bits per heavy atom. The second kappa shape index (κ2) is 12.7. The molecule has 0 fully saturated rings. The topological polar surface area (TPSA) is 42.0 Å². The molecule has 0 spiro atoms. The Balaban J connectivity index is 1.57. The van der Waals surface area contributed by atoms with E-state index in [1.165, 1.54) is 7.11 Å². The molecule has 1 atom stereocenters. The zero-order valence-corrected chi connectivity index (χ0v) is 26.3. The molecular formula is C37H32Cl2N2O3. The van der Waals surface area contributed by atoms with Crippen molar-refractivity contribution in [2.45, 2.75) is 19.8 Å². The predicted octanol–water partition coefficient (Wildman–Crippen LogP) is 10.4. The fourth-order valence-electron chi connectivity index (χ4n) is 5.97. The van der Waals surface area contributed by atoms with Gasteiger partial charge in [0, 0.05) is 69.0 Å². The number of ether oxygens (including phenoxy) is 2. The minimum absolute atomic E-state index is 0.296. The number of anilines is 4. The molecule has 1 aliphatic heterocycles. The number of carbonyl (C=O) groups excluding carboxylic acids is 1. The number of fused-ring (bicyclic) bond motifs is 2. The molecule has 0 bridgehead atoms. The first-order valence-electron chi connectivity index (χ1n) is 14.6. The first-order chi connectivity index (χ1) is 21.4. The van der Waals surface area contributed by atoms with Gasteiger partial charge in [-0.2, -0.15) is 0 Å². The standard InChI is InChI=1S/C37H32Cl2N2O3/c1-4-40(5-2)26-16-18-32-35(23-26)44-34-19-17-29(22-33(34)36(32)30-14-6-7-15-31(30)37(42)43-3)41(27-12-8-10-24(38)20-27)28-13-9-11-25(39)21-28/h6-23,36H,4-5H2,1-3H3. The normalized spacial score (nSPS) is 13.3. The molecule has 5 nitrogen and oxygen atoms in total. The largest absolute Gasteiger partial charge is 0.465 e. The number of halogens is 2. The van der Waals surface area contributed by atoms with Crippen molar-refractivity contribution in [2.75, 3.05) is 30.0 Å². The third kappa shape index (κ3) is 5.61. The van der Waals surface area contributed by atoms with Crippen LogP contribution in [0.5, 0.6) is 11.5 Å². The van der Waals surface area contributed by atoms with Crippen molar-refractivity contribution in [1.29, 1.82) is 0 Å². The molecule has 5 aromatic rings. The molecule has 0 amide bonds. The molecule has 5 aromatic carbocycles. The molecule has 0 aliphatic carbocycles. The maximum Gasteiger partial charge on any atom is 0.338 e. The van der Waals surface area contributed by atoms with Crippen molar-refractivity contribution >= 4 is 51.9 Å². The molecule has 0 saturated heterocycles. The summed E-state index contributed by atoms with van der Waals surface area (Å²) >= 11 is 12.9. The molecule has 1 unspecified atom stereocenters. The van der Waals surface area contributed by atoms with Gasteiger partial charge >= 0.3 is 5.97 Å². The van der Waals surface area contributed by atoms with Gasteiger partial charge in [-0.25, -0.2) is 4.79 Å². The number of hydrogen-bond donors (Lipinski definition) is 0. The summed E-state index contributed by atoms with van der Waals surface area (Å²) in [6.07, 6.45) is 0. The monoisotopic (exact) mass is 622 g/mol. The highest BCUT2D eigenvalue weighted by Crippen LogP contribution is 2.51. The van der Waals surface area contributed by atoms with Crippen molar-refractivity contribution in [3.05, 3.63) is 141 Å². The highest BCUT2D eigenvalue weighted by atomic mass is 35.5. The van der Waals surface area contributed by atoms with Crippen LogP contribution in [0.3, 0.4) is 0 Å². The van der Waals surface area contributed by atoms with Gasteiger partial charge in [0.2, 0.25) is 0 Å². The van der Waals surface area contributed by atoms with E-state index in [0.29, 0.717) is 15.6 Å². The summed E-state index contributed by atoms with van der Waals surface area (Å²) in [4.78, 5) is 17.4. The fourth-order valence-corrected chi connectivity index (χ4v) is 6.34. The summed E-state index contributed by atoms with van der Waals surface area (Å²) in [6, 6.07) is 35.5. The van der Waals surface area contributed by atoms with E-state index >= 15 is 0 Å². The zero-order valence-electron chi connectivity index (χ0n) is 24.8. The number of benzene rings is 5. The Hall–Kier alpha value is -4.45. The van der Waals surface area contributed by atoms with Crippen molar-refractivity contribution in [1.82, 2.24) is 0 Å².